The molecule has 2 amide bonds. The molecule has 1 heterocycles. The second-order valence-electron chi connectivity index (χ2n) is 7.76. The molecule has 2 N–H and O–H groups in total. The first-order chi connectivity index (χ1) is 13.1. The summed E-state index contributed by atoms with van der Waals surface area (Å²) in [7, 11) is 0. The summed E-state index contributed by atoms with van der Waals surface area (Å²) in [5.74, 6) is -0.512. The van der Waals surface area contributed by atoms with Gasteiger partial charge >= 0.3 is 12.0 Å². The summed E-state index contributed by atoms with van der Waals surface area (Å²) in [6, 6.07) is 10.1. The number of aliphatic carboxylic acids is 1. The number of rotatable bonds is 6. The number of nitrogens with zero attached hydrogens (tertiary/aromatic N) is 1. The Bertz CT molecular complexity index is 608. The van der Waals surface area contributed by atoms with E-state index in [-0.39, 0.29) is 18.0 Å². The van der Waals surface area contributed by atoms with Gasteiger partial charge in [-0.15, -0.1) is 0 Å². The van der Waals surface area contributed by atoms with E-state index in [0.29, 0.717) is 25.3 Å². The number of carbonyl (C=O) groups is 2. The third kappa shape index (κ3) is 5.96. The summed E-state index contributed by atoms with van der Waals surface area (Å²) in [6.45, 7) is 2.86. The smallest absolute Gasteiger partial charge is 0.317 e. The van der Waals surface area contributed by atoms with E-state index in [1.807, 2.05) is 35.2 Å². The van der Waals surface area contributed by atoms with Crippen molar-refractivity contribution in [3.63, 3.8) is 0 Å². The van der Waals surface area contributed by atoms with Gasteiger partial charge in [0.05, 0.1) is 5.92 Å². The van der Waals surface area contributed by atoms with Crippen LogP contribution in [0.3, 0.4) is 0 Å². The number of hydrogen-bond donors (Lipinski definition) is 2. The van der Waals surface area contributed by atoms with Crippen LogP contribution < -0.4 is 5.32 Å². The summed E-state index contributed by atoms with van der Waals surface area (Å²) in [5.41, 5.74) is 1.12. The Hall–Kier alpha value is -2.08. The van der Waals surface area contributed by atoms with E-state index in [0.717, 1.165) is 51.0 Å². The van der Waals surface area contributed by atoms with Gasteiger partial charge in [0.25, 0.3) is 0 Å². The van der Waals surface area contributed by atoms with Gasteiger partial charge in [-0.25, -0.2) is 4.79 Å². The van der Waals surface area contributed by atoms with Crippen molar-refractivity contribution in [2.75, 3.05) is 19.8 Å². The van der Waals surface area contributed by atoms with Gasteiger partial charge in [0, 0.05) is 32.3 Å². The third-order valence-corrected chi connectivity index (χ3v) is 5.73. The summed E-state index contributed by atoms with van der Waals surface area (Å²) in [6.07, 6.45) is 4.72. The van der Waals surface area contributed by atoms with Gasteiger partial charge in [-0.1, -0.05) is 30.3 Å². The molecule has 148 valence electrons. The van der Waals surface area contributed by atoms with Crippen molar-refractivity contribution in [1.29, 1.82) is 0 Å². The summed E-state index contributed by atoms with van der Waals surface area (Å²) < 4.78 is 5.44. The molecule has 1 saturated carbocycles. The maximum absolute atomic E-state index is 13.0. The molecule has 1 aromatic carbocycles. The van der Waals surface area contributed by atoms with Gasteiger partial charge in [-0.2, -0.15) is 0 Å². The molecule has 0 bridgehead atoms. The highest BCUT2D eigenvalue weighted by Crippen LogP contribution is 2.25. The lowest BCUT2D eigenvalue weighted by Gasteiger charge is -2.33. The molecule has 0 unspecified atom stereocenters. The molecular weight excluding hydrogens is 344 g/mol. The molecule has 27 heavy (non-hydrogen) atoms. The van der Waals surface area contributed by atoms with E-state index < -0.39 is 5.97 Å². The SMILES string of the molecule is O=C(O)C1CCC(NC(=O)N(Cc2ccccc2)CC2CCOCC2)CC1. The second kappa shape index (κ2) is 9.74. The fourth-order valence-corrected chi connectivity index (χ4v) is 4.01. The van der Waals surface area contributed by atoms with Gasteiger partial charge in [0.2, 0.25) is 0 Å². The van der Waals surface area contributed by atoms with Crippen LogP contribution in [0, 0.1) is 11.8 Å². The minimum absolute atomic E-state index is 0.0379. The molecule has 0 radical (unpaired) electrons. The lowest BCUT2D eigenvalue weighted by molar-refractivity contribution is -0.142. The molecule has 2 fully saturated rings. The van der Waals surface area contributed by atoms with Crippen LogP contribution in [-0.4, -0.2) is 47.8 Å². The Morgan fingerprint density at radius 1 is 1.04 bits per heavy atom. The summed E-state index contributed by atoms with van der Waals surface area (Å²) in [4.78, 5) is 26.0. The fraction of sp³-hybridized carbons (Fsp3) is 0.619. The molecule has 0 atom stereocenters. The second-order valence-corrected chi connectivity index (χ2v) is 7.76. The monoisotopic (exact) mass is 374 g/mol. The van der Waals surface area contributed by atoms with Crippen LogP contribution in [0.25, 0.3) is 0 Å². The number of carboxylic acids is 1. The predicted octanol–water partition coefficient (Wildman–Crippen LogP) is 3.27. The van der Waals surface area contributed by atoms with Crippen molar-refractivity contribution in [3.05, 3.63) is 35.9 Å². The number of hydrogen-bond acceptors (Lipinski definition) is 3. The van der Waals surface area contributed by atoms with Crippen LogP contribution in [0.4, 0.5) is 4.79 Å². The number of urea groups is 1. The van der Waals surface area contributed by atoms with Crippen molar-refractivity contribution in [2.24, 2.45) is 11.8 Å². The zero-order valence-corrected chi connectivity index (χ0v) is 15.8. The third-order valence-electron chi connectivity index (χ3n) is 5.73. The van der Waals surface area contributed by atoms with Crippen LogP contribution in [0.2, 0.25) is 0 Å². The molecule has 1 saturated heterocycles. The van der Waals surface area contributed by atoms with Gasteiger partial charge in [0.1, 0.15) is 0 Å². The van der Waals surface area contributed by atoms with E-state index in [9.17, 15) is 9.59 Å². The first-order valence-corrected chi connectivity index (χ1v) is 10.0. The molecule has 6 heteroatoms. The molecular formula is C21H30N2O4. The van der Waals surface area contributed by atoms with Crippen LogP contribution in [0.1, 0.15) is 44.1 Å². The number of carboxylic acid groups (broad SMARTS) is 1. The van der Waals surface area contributed by atoms with Crippen molar-refractivity contribution in [1.82, 2.24) is 10.2 Å². The highest BCUT2D eigenvalue weighted by atomic mass is 16.5. The topological polar surface area (TPSA) is 78.9 Å². The van der Waals surface area contributed by atoms with Gasteiger partial charge in [-0.3, -0.25) is 4.79 Å². The van der Waals surface area contributed by atoms with Crippen LogP contribution in [0.15, 0.2) is 30.3 Å². The maximum atomic E-state index is 13.0. The van der Waals surface area contributed by atoms with Crippen molar-refractivity contribution < 1.29 is 19.4 Å². The molecule has 3 rings (SSSR count). The Kier molecular flexibility index (Phi) is 7.10. The van der Waals surface area contributed by atoms with E-state index in [4.69, 9.17) is 9.84 Å². The van der Waals surface area contributed by atoms with Gasteiger partial charge < -0.3 is 20.1 Å². The normalized spacial score (nSPS) is 23.6. The Balaban J connectivity index is 1.58. The Morgan fingerprint density at radius 3 is 2.33 bits per heavy atom. The van der Waals surface area contributed by atoms with E-state index >= 15 is 0 Å². The number of carbonyl (C=O) groups excluding carboxylic acids is 1. The molecule has 0 aromatic heterocycles. The highest BCUT2D eigenvalue weighted by Gasteiger charge is 2.28. The largest absolute Gasteiger partial charge is 0.481 e. The van der Waals surface area contributed by atoms with E-state index in [1.165, 1.54) is 0 Å². The van der Waals surface area contributed by atoms with E-state index in [1.54, 1.807) is 0 Å². The molecule has 1 aliphatic heterocycles. The lowest BCUT2D eigenvalue weighted by atomic mass is 9.86. The average molecular weight is 374 g/mol. The summed E-state index contributed by atoms with van der Waals surface area (Å²) in [5, 5.41) is 12.3. The zero-order valence-electron chi connectivity index (χ0n) is 15.8. The number of amides is 2. The maximum Gasteiger partial charge on any atom is 0.317 e. The fourth-order valence-electron chi connectivity index (χ4n) is 4.01. The van der Waals surface area contributed by atoms with Crippen molar-refractivity contribution in [2.45, 2.75) is 51.1 Å². The standard InChI is InChI=1S/C21H30N2O4/c24-20(25)18-6-8-19(9-7-18)22-21(26)23(14-16-4-2-1-3-5-16)15-17-10-12-27-13-11-17/h1-5,17-19H,6-15H2,(H,22,26)(H,24,25). The predicted molar refractivity (Wildman–Crippen MR) is 102 cm³/mol. The quantitative estimate of drug-likeness (QED) is 0.801. The van der Waals surface area contributed by atoms with Crippen molar-refractivity contribution in [3.8, 4) is 0 Å². The van der Waals surface area contributed by atoms with Gasteiger partial charge in [0.15, 0.2) is 0 Å². The van der Waals surface area contributed by atoms with Crippen LogP contribution in [-0.2, 0) is 16.1 Å². The zero-order chi connectivity index (χ0) is 19.1. The first-order valence-electron chi connectivity index (χ1n) is 10.0. The van der Waals surface area contributed by atoms with Crippen LogP contribution in [0.5, 0.6) is 0 Å². The van der Waals surface area contributed by atoms with Gasteiger partial charge in [-0.05, 0) is 50.0 Å². The molecule has 1 aromatic rings. The highest BCUT2D eigenvalue weighted by molar-refractivity contribution is 5.75. The number of benzene rings is 1. The average Bonchev–Trinajstić information content (AvgIpc) is 2.69. The Labute approximate surface area is 160 Å². The minimum Gasteiger partial charge on any atom is -0.481 e. The summed E-state index contributed by atoms with van der Waals surface area (Å²) >= 11 is 0. The van der Waals surface area contributed by atoms with E-state index in [2.05, 4.69) is 5.32 Å². The lowest BCUT2D eigenvalue weighted by Crippen LogP contribution is -2.47. The van der Waals surface area contributed by atoms with Crippen LogP contribution >= 0.6 is 0 Å². The molecule has 6 nitrogen and oxygen atoms in total. The Morgan fingerprint density at radius 2 is 1.70 bits per heavy atom. The van der Waals surface area contributed by atoms with Crippen molar-refractivity contribution >= 4 is 12.0 Å². The minimum atomic E-state index is -0.718. The molecule has 0 spiro atoms. The number of nitrogens with one attached hydrogen (secondary N) is 1. The molecule has 2 aliphatic rings. The number of ether oxygens (including phenoxy) is 1. The first kappa shape index (κ1) is 19.7. The molecule has 1 aliphatic carbocycles.